The lowest BCUT2D eigenvalue weighted by Crippen LogP contribution is -2.31. The number of hydrogen-bond acceptors (Lipinski definition) is 3. The van der Waals surface area contributed by atoms with E-state index in [1.54, 1.807) is 0 Å². The highest BCUT2D eigenvalue weighted by atomic mass is 15.1. The highest BCUT2D eigenvalue weighted by Gasteiger charge is 2.15. The normalized spacial score (nSPS) is 13.8. The van der Waals surface area contributed by atoms with Gasteiger partial charge in [0.2, 0.25) is 0 Å². The molecule has 32 heavy (non-hydrogen) atoms. The zero-order chi connectivity index (χ0) is 21.9. The summed E-state index contributed by atoms with van der Waals surface area (Å²) < 4.78 is 0. The summed E-state index contributed by atoms with van der Waals surface area (Å²) in [7, 11) is 0. The molecule has 0 unspecified atom stereocenters. The Morgan fingerprint density at radius 2 is 1.72 bits per heavy atom. The Morgan fingerprint density at radius 1 is 0.906 bits per heavy atom. The fourth-order valence-corrected chi connectivity index (χ4v) is 4.82. The predicted octanol–water partition coefficient (Wildman–Crippen LogP) is 6.59. The largest absolute Gasteiger partial charge is 0.355 e. The minimum Gasteiger partial charge on any atom is -0.355 e. The molecule has 0 fully saturated rings. The van der Waals surface area contributed by atoms with Crippen LogP contribution in [0.5, 0.6) is 0 Å². The van der Waals surface area contributed by atoms with E-state index < -0.39 is 0 Å². The van der Waals surface area contributed by atoms with Crippen molar-refractivity contribution in [3.63, 3.8) is 0 Å². The van der Waals surface area contributed by atoms with Crippen LogP contribution < -0.4 is 5.32 Å². The van der Waals surface area contributed by atoms with Gasteiger partial charge in [0.05, 0.1) is 5.52 Å². The number of rotatable bonds is 6. The summed E-state index contributed by atoms with van der Waals surface area (Å²) in [4.78, 5) is 7.27. The number of nitrogens with zero attached hydrogens (tertiary/aromatic N) is 2. The van der Waals surface area contributed by atoms with Crippen molar-refractivity contribution in [1.82, 2.24) is 9.88 Å². The standard InChI is InChI=1S/C29H31N3/c1-21-13-14-26(31-29-18-22(2)30-28-12-6-5-11-27(28)29)19-24(21)10-7-16-32-17-15-23-8-3-4-9-25(23)20-32/h3-6,8-9,11-14,18-19H,7,10,15-17,20H2,1-2H3,(H,30,31). The van der Waals surface area contributed by atoms with Crippen molar-refractivity contribution in [1.29, 1.82) is 0 Å². The van der Waals surface area contributed by atoms with Crippen LogP contribution in [0.2, 0.25) is 0 Å². The molecule has 4 aromatic rings. The molecule has 0 saturated carbocycles. The van der Waals surface area contributed by atoms with Gasteiger partial charge in [-0.3, -0.25) is 9.88 Å². The topological polar surface area (TPSA) is 28.2 Å². The van der Waals surface area contributed by atoms with Crippen LogP contribution >= 0.6 is 0 Å². The minimum atomic E-state index is 1.03. The second kappa shape index (κ2) is 9.13. The molecular formula is C29H31N3. The van der Waals surface area contributed by atoms with Crippen molar-refractivity contribution in [2.75, 3.05) is 18.4 Å². The Morgan fingerprint density at radius 3 is 2.62 bits per heavy atom. The van der Waals surface area contributed by atoms with Crippen LogP contribution in [0.25, 0.3) is 10.9 Å². The number of aromatic nitrogens is 1. The zero-order valence-corrected chi connectivity index (χ0v) is 19.1. The average Bonchev–Trinajstić information content (AvgIpc) is 2.81. The third kappa shape index (κ3) is 4.53. The second-order valence-corrected chi connectivity index (χ2v) is 8.99. The number of benzene rings is 3. The molecule has 3 aromatic carbocycles. The third-order valence-electron chi connectivity index (χ3n) is 6.60. The highest BCUT2D eigenvalue weighted by molar-refractivity contribution is 5.93. The van der Waals surface area contributed by atoms with E-state index in [9.17, 15) is 0 Å². The molecule has 0 bridgehead atoms. The first-order chi connectivity index (χ1) is 15.7. The van der Waals surface area contributed by atoms with Gasteiger partial charge in [-0.15, -0.1) is 0 Å². The lowest BCUT2D eigenvalue weighted by molar-refractivity contribution is 0.251. The number of nitrogens with one attached hydrogen (secondary N) is 1. The molecule has 162 valence electrons. The molecule has 0 spiro atoms. The number of pyridine rings is 1. The summed E-state index contributed by atoms with van der Waals surface area (Å²) in [5.41, 5.74) is 10.2. The maximum absolute atomic E-state index is 4.66. The van der Waals surface area contributed by atoms with E-state index in [-0.39, 0.29) is 0 Å². The maximum Gasteiger partial charge on any atom is 0.0726 e. The molecule has 0 atom stereocenters. The van der Waals surface area contributed by atoms with Crippen LogP contribution in [0.15, 0.2) is 72.8 Å². The molecule has 3 heteroatoms. The molecule has 1 N–H and O–H groups in total. The van der Waals surface area contributed by atoms with E-state index in [2.05, 4.69) is 95.8 Å². The first kappa shape index (κ1) is 20.7. The molecule has 5 rings (SSSR count). The molecule has 0 saturated heterocycles. The Bertz CT molecular complexity index is 1240. The van der Waals surface area contributed by atoms with Crippen molar-refractivity contribution in [3.05, 3.63) is 101 Å². The van der Waals surface area contributed by atoms with Crippen molar-refractivity contribution in [3.8, 4) is 0 Å². The van der Waals surface area contributed by atoms with Crippen LogP contribution in [0.3, 0.4) is 0 Å². The molecule has 3 nitrogen and oxygen atoms in total. The van der Waals surface area contributed by atoms with Gasteiger partial charge in [0, 0.05) is 35.5 Å². The molecule has 2 heterocycles. The smallest absolute Gasteiger partial charge is 0.0726 e. The van der Waals surface area contributed by atoms with E-state index in [1.807, 2.05) is 6.07 Å². The summed E-state index contributed by atoms with van der Waals surface area (Å²) in [5, 5.41) is 4.81. The maximum atomic E-state index is 4.66. The molecule has 1 aliphatic rings. The molecule has 1 aromatic heterocycles. The Balaban J connectivity index is 1.26. The average molecular weight is 422 g/mol. The Hall–Kier alpha value is -3.17. The van der Waals surface area contributed by atoms with E-state index in [4.69, 9.17) is 0 Å². The van der Waals surface area contributed by atoms with Gasteiger partial charge < -0.3 is 5.32 Å². The van der Waals surface area contributed by atoms with Gasteiger partial charge in [0.1, 0.15) is 0 Å². The van der Waals surface area contributed by atoms with Crippen molar-refractivity contribution in [2.45, 2.75) is 39.7 Å². The van der Waals surface area contributed by atoms with Crippen LogP contribution in [-0.4, -0.2) is 23.0 Å². The zero-order valence-electron chi connectivity index (χ0n) is 19.1. The van der Waals surface area contributed by atoms with Gasteiger partial charge in [0.15, 0.2) is 0 Å². The van der Waals surface area contributed by atoms with E-state index in [1.165, 1.54) is 41.6 Å². The van der Waals surface area contributed by atoms with Crippen molar-refractivity contribution in [2.24, 2.45) is 0 Å². The lowest BCUT2D eigenvalue weighted by Gasteiger charge is -2.28. The van der Waals surface area contributed by atoms with Gasteiger partial charge in [-0.2, -0.15) is 0 Å². The van der Waals surface area contributed by atoms with Gasteiger partial charge in [-0.25, -0.2) is 0 Å². The first-order valence-electron chi connectivity index (χ1n) is 11.7. The Kier molecular flexibility index (Phi) is 5.91. The number of aryl methyl sites for hydroxylation is 3. The summed E-state index contributed by atoms with van der Waals surface area (Å²) >= 11 is 0. The summed E-state index contributed by atoms with van der Waals surface area (Å²) in [6.07, 6.45) is 3.47. The third-order valence-corrected chi connectivity index (χ3v) is 6.60. The lowest BCUT2D eigenvalue weighted by atomic mass is 9.99. The number of para-hydroxylation sites is 1. The number of anilines is 2. The van der Waals surface area contributed by atoms with Crippen LogP contribution in [-0.2, 0) is 19.4 Å². The monoisotopic (exact) mass is 421 g/mol. The Labute approximate surface area is 191 Å². The van der Waals surface area contributed by atoms with Gasteiger partial charge >= 0.3 is 0 Å². The quantitative estimate of drug-likeness (QED) is 0.381. The summed E-state index contributed by atoms with van der Waals surface area (Å²) in [6.45, 7) is 7.69. The summed E-state index contributed by atoms with van der Waals surface area (Å²) in [6, 6.07) is 26.1. The van der Waals surface area contributed by atoms with Crippen LogP contribution in [0.1, 0.15) is 34.4 Å². The minimum absolute atomic E-state index is 1.03. The van der Waals surface area contributed by atoms with E-state index in [0.29, 0.717) is 0 Å². The predicted molar refractivity (Wildman–Crippen MR) is 135 cm³/mol. The fraction of sp³-hybridized carbons (Fsp3) is 0.276. The van der Waals surface area contributed by atoms with Crippen LogP contribution in [0.4, 0.5) is 11.4 Å². The molecule has 0 amide bonds. The van der Waals surface area contributed by atoms with Gasteiger partial charge in [-0.1, -0.05) is 48.5 Å². The number of hydrogen-bond donors (Lipinski definition) is 1. The first-order valence-corrected chi connectivity index (χ1v) is 11.7. The highest BCUT2D eigenvalue weighted by Crippen LogP contribution is 2.28. The summed E-state index contributed by atoms with van der Waals surface area (Å²) in [5.74, 6) is 0. The van der Waals surface area contributed by atoms with E-state index in [0.717, 1.165) is 47.5 Å². The van der Waals surface area contributed by atoms with Gasteiger partial charge in [0.25, 0.3) is 0 Å². The molecule has 0 radical (unpaired) electrons. The number of fused-ring (bicyclic) bond motifs is 2. The van der Waals surface area contributed by atoms with Gasteiger partial charge in [-0.05, 0) is 86.2 Å². The molecule has 0 aliphatic carbocycles. The molecule has 1 aliphatic heterocycles. The fourth-order valence-electron chi connectivity index (χ4n) is 4.82. The van der Waals surface area contributed by atoms with E-state index >= 15 is 0 Å². The molecular weight excluding hydrogens is 390 g/mol. The SMILES string of the molecule is Cc1cc(Nc2ccc(C)c(CCCN3CCc4ccccc4C3)c2)c2ccccc2n1. The second-order valence-electron chi connectivity index (χ2n) is 8.99. The van der Waals surface area contributed by atoms with Crippen molar-refractivity contribution < 1.29 is 0 Å². The van der Waals surface area contributed by atoms with Crippen molar-refractivity contribution >= 4 is 22.3 Å². The van der Waals surface area contributed by atoms with Crippen LogP contribution in [0, 0.1) is 13.8 Å².